The van der Waals surface area contributed by atoms with Gasteiger partial charge in [0, 0.05) is 30.6 Å². The molecule has 6 nitrogen and oxygen atoms in total. The number of amides is 1. The molecule has 9 heteroatoms. The molecule has 152 valence electrons. The fourth-order valence-electron chi connectivity index (χ4n) is 3.21. The summed E-state index contributed by atoms with van der Waals surface area (Å²) in [5.41, 5.74) is 0.438. The molecule has 28 heavy (non-hydrogen) atoms. The Bertz CT molecular complexity index is 933. The van der Waals surface area contributed by atoms with E-state index in [-0.39, 0.29) is 23.0 Å². The number of nitrogens with zero attached hydrogens (tertiary/aromatic N) is 2. The highest BCUT2D eigenvalue weighted by Gasteiger charge is 2.32. The normalized spacial score (nSPS) is 20.9. The quantitative estimate of drug-likeness (QED) is 0.711. The molecule has 1 aliphatic rings. The van der Waals surface area contributed by atoms with Gasteiger partial charge in [-0.1, -0.05) is 11.6 Å². The molecule has 0 bridgehead atoms. The molecule has 3 rings (SSSR count). The molecular weight excluding hydrogens is 420 g/mol. The number of rotatable bonds is 5. The first-order valence-corrected chi connectivity index (χ1v) is 11.6. The Labute approximate surface area is 174 Å². The summed E-state index contributed by atoms with van der Waals surface area (Å²) < 4.78 is 33.5. The molecule has 1 aliphatic heterocycles. The van der Waals surface area contributed by atoms with Gasteiger partial charge in [0.2, 0.25) is 10.0 Å². The number of morpholine rings is 1. The number of carbonyl (C=O) groups excluding carboxylic acids is 1. The van der Waals surface area contributed by atoms with E-state index in [2.05, 4.69) is 0 Å². The Kier molecular flexibility index (Phi) is 6.46. The van der Waals surface area contributed by atoms with Crippen LogP contribution in [0.1, 0.15) is 29.1 Å². The van der Waals surface area contributed by atoms with Crippen LogP contribution < -0.4 is 0 Å². The molecule has 0 radical (unpaired) electrons. The van der Waals surface area contributed by atoms with Crippen LogP contribution in [0.15, 0.2) is 41.3 Å². The second kappa shape index (κ2) is 8.51. The van der Waals surface area contributed by atoms with E-state index in [9.17, 15) is 13.2 Å². The Balaban J connectivity index is 1.72. The molecule has 2 aromatic rings. The van der Waals surface area contributed by atoms with Gasteiger partial charge in [0.15, 0.2) is 0 Å². The van der Waals surface area contributed by atoms with Crippen molar-refractivity contribution in [3.63, 3.8) is 0 Å². The third-order valence-electron chi connectivity index (χ3n) is 4.49. The minimum atomic E-state index is -3.62. The third-order valence-corrected chi connectivity index (χ3v) is 7.56. The van der Waals surface area contributed by atoms with Crippen molar-refractivity contribution in [3.8, 4) is 0 Å². The third kappa shape index (κ3) is 4.75. The average molecular weight is 443 g/mol. The lowest BCUT2D eigenvalue weighted by Crippen LogP contribution is -2.48. The Morgan fingerprint density at radius 1 is 1.18 bits per heavy atom. The number of hydrogen-bond donors (Lipinski definition) is 0. The molecule has 2 heterocycles. The fourth-order valence-corrected chi connectivity index (χ4v) is 5.94. The number of halogens is 1. The van der Waals surface area contributed by atoms with Gasteiger partial charge in [-0.05, 0) is 50.2 Å². The van der Waals surface area contributed by atoms with Crippen LogP contribution in [-0.4, -0.2) is 55.9 Å². The monoisotopic (exact) mass is 442 g/mol. The van der Waals surface area contributed by atoms with Crippen molar-refractivity contribution in [2.24, 2.45) is 0 Å². The summed E-state index contributed by atoms with van der Waals surface area (Å²) in [7, 11) is -1.92. The Morgan fingerprint density at radius 2 is 1.79 bits per heavy atom. The lowest BCUT2D eigenvalue weighted by molar-refractivity contribution is -0.0440. The van der Waals surface area contributed by atoms with Crippen molar-refractivity contribution in [3.05, 3.63) is 51.2 Å². The standard InChI is InChI=1S/C19H23ClN2O4S2/c1-13-10-22(11-14(2)26-13)28(24,25)17-7-4-15(5-8-17)19(23)21(3)12-16-6-9-18(20)27-16/h4-9,13-14H,10-12H2,1-3H3/t13-,14+. The summed E-state index contributed by atoms with van der Waals surface area (Å²) in [6, 6.07) is 9.77. The van der Waals surface area contributed by atoms with Crippen molar-refractivity contribution in [1.82, 2.24) is 9.21 Å². The second-order valence-corrected chi connectivity index (χ2v) is 10.7. The van der Waals surface area contributed by atoms with Gasteiger partial charge in [0.1, 0.15) is 0 Å². The predicted molar refractivity (Wildman–Crippen MR) is 110 cm³/mol. The zero-order valence-electron chi connectivity index (χ0n) is 16.0. The Hall–Kier alpha value is -1.45. The van der Waals surface area contributed by atoms with Crippen molar-refractivity contribution in [2.75, 3.05) is 20.1 Å². The van der Waals surface area contributed by atoms with Crippen LogP contribution in [-0.2, 0) is 21.3 Å². The van der Waals surface area contributed by atoms with Gasteiger partial charge in [-0.2, -0.15) is 4.31 Å². The van der Waals surface area contributed by atoms with Gasteiger partial charge in [0.25, 0.3) is 5.91 Å². The largest absolute Gasteiger partial charge is 0.373 e. The van der Waals surface area contributed by atoms with E-state index in [1.54, 1.807) is 30.1 Å². The number of ether oxygens (including phenoxy) is 1. The highest BCUT2D eigenvalue weighted by atomic mass is 35.5. The van der Waals surface area contributed by atoms with E-state index >= 15 is 0 Å². The summed E-state index contributed by atoms with van der Waals surface area (Å²) >= 11 is 7.36. The van der Waals surface area contributed by atoms with E-state index < -0.39 is 10.0 Å². The second-order valence-electron chi connectivity index (χ2n) is 6.97. The van der Waals surface area contributed by atoms with E-state index in [1.807, 2.05) is 19.9 Å². The summed E-state index contributed by atoms with van der Waals surface area (Å²) in [6.45, 7) is 4.80. The molecule has 1 fully saturated rings. The van der Waals surface area contributed by atoms with Crippen LogP contribution in [0, 0.1) is 0 Å². The summed E-state index contributed by atoms with van der Waals surface area (Å²) in [4.78, 5) is 15.4. The summed E-state index contributed by atoms with van der Waals surface area (Å²) in [5, 5.41) is 0. The van der Waals surface area contributed by atoms with E-state index in [1.165, 1.54) is 27.8 Å². The smallest absolute Gasteiger partial charge is 0.253 e. The van der Waals surface area contributed by atoms with Gasteiger partial charge < -0.3 is 9.64 Å². The molecule has 0 spiro atoms. The zero-order chi connectivity index (χ0) is 20.5. The maximum Gasteiger partial charge on any atom is 0.253 e. The minimum Gasteiger partial charge on any atom is -0.373 e. The minimum absolute atomic E-state index is 0.154. The van der Waals surface area contributed by atoms with Gasteiger partial charge in [0.05, 0.1) is 28.0 Å². The Morgan fingerprint density at radius 3 is 2.32 bits per heavy atom. The number of thiophene rings is 1. The first-order chi connectivity index (χ1) is 13.2. The average Bonchev–Trinajstić information content (AvgIpc) is 3.05. The molecule has 1 saturated heterocycles. The molecule has 1 aromatic carbocycles. The van der Waals surface area contributed by atoms with Crippen molar-refractivity contribution >= 4 is 38.9 Å². The highest BCUT2D eigenvalue weighted by molar-refractivity contribution is 7.89. The van der Waals surface area contributed by atoms with E-state index in [0.717, 1.165) is 4.88 Å². The lowest BCUT2D eigenvalue weighted by atomic mass is 10.2. The van der Waals surface area contributed by atoms with Crippen LogP contribution in [0.3, 0.4) is 0 Å². The van der Waals surface area contributed by atoms with E-state index in [4.69, 9.17) is 16.3 Å². The van der Waals surface area contributed by atoms with Crippen molar-refractivity contribution in [2.45, 2.75) is 37.5 Å². The number of hydrogen-bond acceptors (Lipinski definition) is 5. The van der Waals surface area contributed by atoms with Crippen LogP contribution in [0.4, 0.5) is 0 Å². The van der Waals surface area contributed by atoms with Crippen LogP contribution in [0.5, 0.6) is 0 Å². The van der Waals surface area contributed by atoms with Crippen LogP contribution in [0.2, 0.25) is 4.34 Å². The number of sulfonamides is 1. The predicted octanol–water partition coefficient (Wildman–Crippen LogP) is 3.47. The van der Waals surface area contributed by atoms with E-state index in [0.29, 0.717) is 29.5 Å². The summed E-state index contributed by atoms with van der Waals surface area (Å²) in [6.07, 6.45) is -0.308. The molecule has 0 aliphatic carbocycles. The maximum absolute atomic E-state index is 12.9. The van der Waals surface area contributed by atoms with Crippen molar-refractivity contribution in [1.29, 1.82) is 0 Å². The van der Waals surface area contributed by atoms with Gasteiger partial charge in [-0.15, -0.1) is 11.3 Å². The van der Waals surface area contributed by atoms with Crippen LogP contribution >= 0.6 is 22.9 Å². The number of carbonyl (C=O) groups is 1. The molecule has 0 saturated carbocycles. The maximum atomic E-state index is 12.9. The topological polar surface area (TPSA) is 66.9 Å². The molecule has 0 unspecified atom stereocenters. The highest BCUT2D eigenvalue weighted by Crippen LogP contribution is 2.24. The SMILES string of the molecule is C[C@@H]1CN(S(=O)(=O)c2ccc(C(=O)N(C)Cc3ccc(Cl)s3)cc2)C[C@H](C)O1. The van der Waals surface area contributed by atoms with Crippen LogP contribution in [0.25, 0.3) is 0 Å². The van der Waals surface area contributed by atoms with Crippen molar-refractivity contribution < 1.29 is 17.9 Å². The molecule has 1 aromatic heterocycles. The number of benzene rings is 1. The first kappa shape index (κ1) is 21.3. The molecule has 2 atom stereocenters. The molecule has 0 N–H and O–H groups in total. The first-order valence-electron chi connectivity index (χ1n) is 8.92. The fraction of sp³-hybridized carbons (Fsp3) is 0.421. The van der Waals surface area contributed by atoms with Gasteiger partial charge in [-0.3, -0.25) is 4.79 Å². The zero-order valence-corrected chi connectivity index (χ0v) is 18.4. The summed E-state index contributed by atoms with van der Waals surface area (Å²) in [5.74, 6) is -0.179. The van der Waals surface area contributed by atoms with Gasteiger partial charge in [-0.25, -0.2) is 8.42 Å². The molecule has 1 amide bonds. The molecular formula is C19H23ClN2O4S2. The lowest BCUT2D eigenvalue weighted by Gasteiger charge is -2.34. The van der Waals surface area contributed by atoms with Gasteiger partial charge >= 0.3 is 0 Å².